The van der Waals surface area contributed by atoms with Crippen LogP contribution in [0.15, 0.2) is 54.6 Å². The molecule has 5 heteroatoms. The molecule has 0 radical (unpaired) electrons. The first-order valence-corrected chi connectivity index (χ1v) is 16.1. The van der Waals surface area contributed by atoms with Crippen molar-refractivity contribution in [3.63, 3.8) is 0 Å². The predicted molar refractivity (Wildman–Crippen MR) is 190 cm³/mol. The summed E-state index contributed by atoms with van der Waals surface area (Å²) in [6, 6.07) is 17.8. The lowest BCUT2D eigenvalue weighted by Gasteiger charge is -2.18. The van der Waals surface area contributed by atoms with Crippen LogP contribution in [0.4, 0.5) is 0 Å². The van der Waals surface area contributed by atoms with Gasteiger partial charge in [-0.3, -0.25) is 0 Å². The van der Waals surface area contributed by atoms with Gasteiger partial charge < -0.3 is 25.5 Å². The summed E-state index contributed by atoms with van der Waals surface area (Å²) in [6.45, 7) is 15.4. The molecule has 0 aromatic heterocycles. The summed E-state index contributed by atoms with van der Waals surface area (Å²) in [5, 5.41) is 54.1. The molecule has 0 amide bonds. The Labute approximate surface area is 278 Å². The quantitative estimate of drug-likeness (QED) is 0.118. The average Bonchev–Trinajstić information content (AvgIpc) is 3.00. The van der Waals surface area contributed by atoms with Crippen LogP contribution in [-0.4, -0.2) is 25.5 Å². The zero-order valence-corrected chi connectivity index (χ0v) is 28.8. The van der Waals surface area contributed by atoms with E-state index in [1.807, 2.05) is 103 Å². The van der Waals surface area contributed by atoms with Gasteiger partial charge in [0.2, 0.25) is 0 Å². The van der Waals surface area contributed by atoms with Crippen molar-refractivity contribution in [1.29, 1.82) is 0 Å². The van der Waals surface area contributed by atoms with E-state index in [0.29, 0.717) is 37.2 Å². The molecule has 5 N–H and O–H groups in total. The van der Waals surface area contributed by atoms with Crippen LogP contribution in [-0.2, 0) is 25.7 Å². The van der Waals surface area contributed by atoms with Crippen LogP contribution in [0.2, 0.25) is 0 Å². The molecule has 0 saturated heterocycles. The van der Waals surface area contributed by atoms with Crippen molar-refractivity contribution in [1.82, 2.24) is 0 Å². The topological polar surface area (TPSA) is 101 Å². The first-order valence-electron chi connectivity index (χ1n) is 16.1. The van der Waals surface area contributed by atoms with Gasteiger partial charge in [-0.05, 0) is 139 Å². The molecule has 0 aliphatic carbocycles. The van der Waals surface area contributed by atoms with Crippen molar-refractivity contribution in [3.8, 4) is 28.7 Å². The third-order valence-electron chi connectivity index (χ3n) is 9.57. The second-order valence-corrected chi connectivity index (χ2v) is 13.5. The van der Waals surface area contributed by atoms with Crippen molar-refractivity contribution in [2.75, 3.05) is 0 Å². The van der Waals surface area contributed by atoms with Gasteiger partial charge in [0.05, 0.1) is 0 Å². The minimum atomic E-state index is 0.262. The summed E-state index contributed by atoms with van der Waals surface area (Å²) >= 11 is 0. The van der Waals surface area contributed by atoms with Crippen molar-refractivity contribution in [2.24, 2.45) is 0 Å². The first-order chi connectivity index (χ1) is 22.1. The molecule has 0 aliphatic rings. The lowest BCUT2D eigenvalue weighted by atomic mass is 9.88. The zero-order valence-electron chi connectivity index (χ0n) is 28.8. The van der Waals surface area contributed by atoms with E-state index in [-0.39, 0.29) is 17.2 Å². The van der Waals surface area contributed by atoms with Crippen molar-refractivity contribution >= 4 is 0 Å². The van der Waals surface area contributed by atoms with E-state index in [1.165, 1.54) is 0 Å². The molecule has 0 atom stereocenters. The van der Waals surface area contributed by atoms with Gasteiger partial charge in [-0.1, -0.05) is 54.6 Å². The monoisotopic (exact) mass is 630 g/mol. The Hall–Kier alpha value is -4.90. The van der Waals surface area contributed by atoms with Crippen LogP contribution in [0.5, 0.6) is 28.7 Å². The van der Waals surface area contributed by atoms with E-state index in [0.717, 1.165) is 89.0 Å². The summed E-state index contributed by atoms with van der Waals surface area (Å²) < 4.78 is 0. The van der Waals surface area contributed by atoms with E-state index in [1.54, 1.807) is 0 Å². The van der Waals surface area contributed by atoms with Crippen molar-refractivity contribution in [2.45, 2.75) is 81.1 Å². The van der Waals surface area contributed by atoms with Crippen molar-refractivity contribution in [3.05, 3.63) is 144 Å². The van der Waals surface area contributed by atoms with Crippen LogP contribution in [0.1, 0.15) is 89.0 Å². The molecule has 0 spiro atoms. The summed E-state index contributed by atoms with van der Waals surface area (Å²) in [5.41, 5.74) is 14.2. The smallest absolute Gasteiger partial charge is 0.122 e. The Balaban J connectivity index is 1.47. The van der Waals surface area contributed by atoms with Crippen LogP contribution in [0.25, 0.3) is 0 Å². The molecular weight excluding hydrogens is 584 g/mol. The lowest BCUT2D eigenvalue weighted by molar-refractivity contribution is 0.461. The van der Waals surface area contributed by atoms with E-state index >= 15 is 0 Å². The standard InChI is InChI=1S/C42H46O5/c1-22-15-34(18-32-13-27(6)40(45)35(19-32)16-30-9-23(2)38(43)24(3)10-30)42(47)37(29(22)8)21-33-14-28(7)41(46)36(20-33)17-31-11-25(4)39(44)26(5)12-31/h9-15,19-20,43-47H,16-18,21H2,1-8H3. The fraction of sp³-hybridized carbons (Fsp3) is 0.286. The highest BCUT2D eigenvalue weighted by molar-refractivity contribution is 5.56. The van der Waals surface area contributed by atoms with Crippen LogP contribution in [0.3, 0.4) is 0 Å². The minimum Gasteiger partial charge on any atom is -0.507 e. The number of aromatic hydroxyl groups is 5. The van der Waals surface area contributed by atoms with Crippen LogP contribution < -0.4 is 0 Å². The van der Waals surface area contributed by atoms with E-state index in [4.69, 9.17) is 0 Å². The Morgan fingerprint density at radius 1 is 0.319 bits per heavy atom. The molecule has 0 heterocycles. The van der Waals surface area contributed by atoms with Gasteiger partial charge in [0.15, 0.2) is 0 Å². The molecule has 0 unspecified atom stereocenters. The maximum Gasteiger partial charge on any atom is 0.122 e. The average molecular weight is 631 g/mol. The van der Waals surface area contributed by atoms with Gasteiger partial charge in [-0.15, -0.1) is 0 Å². The molecule has 244 valence electrons. The van der Waals surface area contributed by atoms with Crippen LogP contribution >= 0.6 is 0 Å². The first kappa shape index (κ1) is 33.5. The second kappa shape index (κ2) is 13.1. The molecule has 0 fully saturated rings. The van der Waals surface area contributed by atoms with E-state index < -0.39 is 0 Å². The zero-order chi connectivity index (χ0) is 34.3. The highest BCUT2D eigenvalue weighted by atomic mass is 16.3. The summed E-state index contributed by atoms with van der Waals surface area (Å²) in [7, 11) is 0. The molecule has 0 bridgehead atoms. The molecule has 0 saturated carbocycles. The number of phenols is 5. The number of phenolic OH excluding ortho intramolecular Hbond substituents is 5. The lowest BCUT2D eigenvalue weighted by Crippen LogP contribution is -2.02. The maximum atomic E-state index is 11.7. The third kappa shape index (κ3) is 6.95. The van der Waals surface area contributed by atoms with E-state index in [2.05, 4.69) is 6.92 Å². The fourth-order valence-corrected chi connectivity index (χ4v) is 6.90. The Morgan fingerprint density at radius 3 is 1.00 bits per heavy atom. The number of hydrogen-bond acceptors (Lipinski definition) is 5. The Kier molecular flexibility index (Phi) is 9.31. The Morgan fingerprint density at radius 2 is 0.617 bits per heavy atom. The number of rotatable bonds is 8. The van der Waals surface area contributed by atoms with Crippen LogP contribution in [0, 0.1) is 55.4 Å². The van der Waals surface area contributed by atoms with Gasteiger partial charge >= 0.3 is 0 Å². The molecule has 5 aromatic rings. The molecule has 47 heavy (non-hydrogen) atoms. The SMILES string of the molecule is Cc1cc(Cc2cc(C)c(O)c(Cc3cc(C)c(O)c(C)c3)c2)c(O)c(Cc2cc(C)c(O)c(Cc3cc(C)c(O)c(C)c3)c2)c1C. The van der Waals surface area contributed by atoms with Gasteiger partial charge in [0.1, 0.15) is 28.7 Å². The Bertz CT molecular complexity index is 1970. The summed E-state index contributed by atoms with van der Waals surface area (Å²) in [4.78, 5) is 0. The molecule has 0 aliphatic heterocycles. The molecule has 5 nitrogen and oxygen atoms in total. The minimum absolute atomic E-state index is 0.262. The third-order valence-corrected chi connectivity index (χ3v) is 9.57. The van der Waals surface area contributed by atoms with Crippen molar-refractivity contribution < 1.29 is 25.5 Å². The van der Waals surface area contributed by atoms with E-state index in [9.17, 15) is 25.5 Å². The normalized spacial score (nSPS) is 11.3. The van der Waals surface area contributed by atoms with Gasteiger partial charge in [0, 0.05) is 31.2 Å². The highest BCUT2D eigenvalue weighted by Crippen LogP contribution is 2.36. The van der Waals surface area contributed by atoms with Gasteiger partial charge in [-0.25, -0.2) is 0 Å². The van der Waals surface area contributed by atoms with Gasteiger partial charge in [0.25, 0.3) is 0 Å². The summed E-state index contributed by atoms with van der Waals surface area (Å²) in [6.07, 6.45) is 2.06. The number of hydrogen-bond donors (Lipinski definition) is 5. The fourth-order valence-electron chi connectivity index (χ4n) is 6.90. The number of benzene rings is 5. The molecule has 5 aromatic carbocycles. The van der Waals surface area contributed by atoms with Gasteiger partial charge in [-0.2, -0.15) is 0 Å². The largest absolute Gasteiger partial charge is 0.507 e. The molecular formula is C42H46O5. The number of aryl methyl sites for hydroxylation is 7. The maximum absolute atomic E-state index is 11.7. The highest BCUT2D eigenvalue weighted by Gasteiger charge is 2.18. The predicted octanol–water partition coefficient (Wildman–Crippen LogP) is 9.05. The summed E-state index contributed by atoms with van der Waals surface area (Å²) in [5.74, 6) is 1.38. The molecule has 5 rings (SSSR count). The second-order valence-electron chi connectivity index (χ2n) is 13.5.